The molecule has 0 radical (unpaired) electrons. The highest BCUT2D eigenvalue weighted by molar-refractivity contribution is 7.99. The third kappa shape index (κ3) is 2.97. The summed E-state index contributed by atoms with van der Waals surface area (Å²) in [5, 5.41) is 4.54. The number of hydrogen-bond donors (Lipinski definition) is 1. The van der Waals surface area contributed by atoms with Crippen LogP contribution in [0.1, 0.15) is 20.3 Å². The zero-order valence-corrected chi connectivity index (χ0v) is 16.4. The number of methoxy groups -OCH3 is 1. The van der Waals surface area contributed by atoms with E-state index in [1.807, 2.05) is 32.0 Å². The van der Waals surface area contributed by atoms with Crippen LogP contribution in [-0.2, 0) is 17.9 Å². The average molecular weight is 386 g/mol. The second-order valence-electron chi connectivity index (χ2n) is 6.74. The number of amides is 1. The van der Waals surface area contributed by atoms with E-state index in [9.17, 15) is 9.59 Å². The van der Waals surface area contributed by atoms with Crippen LogP contribution in [0.5, 0.6) is 5.75 Å². The second kappa shape index (κ2) is 6.92. The number of rotatable bonds is 5. The molecule has 0 bridgehead atoms. The van der Waals surface area contributed by atoms with Crippen molar-refractivity contribution >= 4 is 39.6 Å². The van der Waals surface area contributed by atoms with Crippen LogP contribution in [0.2, 0.25) is 0 Å². The number of benzene rings is 1. The Kier molecular flexibility index (Phi) is 4.59. The summed E-state index contributed by atoms with van der Waals surface area (Å²) in [6.07, 6.45) is 0.852. The van der Waals surface area contributed by atoms with Crippen molar-refractivity contribution in [3.63, 3.8) is 0 Å². The second-order valence-corrected chi connectivity index (χ2v) is 7.80. The largest absolute Gasteiger partial charge is 0.497 e. The molecule has 0 saturated carbocycles. The maximum Gasteiger partial charge on any atom is 0.278 e. The topological polar surface area (TPSA) is 78.2 Å². The number of aromatic nitrogens is 3. The van der Waals surface area contributed by atoms with E-state index >= 15 is 0 Å². The van der Waals surface area contributed by atoms with E-state index in [0.29, 0.717) is 23.3 Å². The highest BCUT2D eigenvalue weighted by Gasteiger charge is 2.23. The Labute approximate surface area is 160 Å². The predicted molar refractivity (Wildman–Crippen MR) is 107 cm³/mol. The van der Waals surface area contributed by atoms with Gasteiger partial charge in [-0.1, -0.05) is 18.7 Å². The fourth-order valence-corrected chi connectivity index (χ4v) is 4.35. The van der Waals surface area contributed by atoms with Gasteiger partial charge in [-0.15, -0.1) is 0 Å². The maximum atomic E-state index is 13.2. The van der Waals surface area contributed by atoms with Gasteiger partial charge in [0.25, 0.3) is 5.56 Å². The van der Waals surface area contributed by atoms with Crippen LogP contribution in [0, 0.1) is 0 Å². The first-order valence-corrected chi connectivity index (χ1v) is 10.0. The van der Waals surface area contributed by atoms with Crippen molar-refractivity contribution in [3.8, 4) is 5.75 Å². The van der Waals surface area contributed by atoms with Crippen LogP contribution >= 0.6 is 11.8 Å². The third-order valence-electron chi connectivity index (χ3n) is 5.00. The van der Waals surface area contributed by atoms with Gasteiger partial charge in [0.05, 0.1) is 12.6 Å². The Hall–Kier alpha value is -2.48. The molecule has 1 aliphatic heterocycles. The van der Waals surface area contributed by atoms with Gasteiger partial charge in [0.1, 0.15) is 23.3 Å². The lowest BCUT2D eigenvalue weighted by molar-refractivity contribution is -0.122. The van der Waals surface area contributed by atoms with E-state index in [1.165, 1.54) is 0 Å². The molecule has 142 valence electrons. The molecule has 0 aliphatic carbocycles. The van der Waals surface area contributed by atoms with Crippen LogP contribution in [0.4, 0.5) is 0 Å². The van der Waals surface area contributed by atoms with Crippen molar-refractivity contribution in [3.05, 3.63) is 28.6 Å². The van der Waals surface area contributed by atoms with Crippen LogP contribution in [0.3, 0.4) is 0 Å². The zero-order valence-electron chi connectivity index (χ0n) is 15.6. The number of ether oxygens (including phenoxy) is 1. The van der Waals surface area contributed by atoms with Crippen LogP contribution in [0.25, 0.3) is 21.9 Å². The van der Waals surface area contributed by atoms with Crippen molar-refractivity contribution in [2.24, 2.45) is 0 Å². The number of hydrogen-bond acceptors (Lipinski definition) is 5. The van der Waals surface area contributed by atoms with Crippen molar-refractivity contribution in [2.45, 2.75) is 44.6 Å². The van der Waals surface area contributed by atoms with Gasteiger partial charge in [-0.2, -0.15) is 0 Å². The number of carbonyl (C=O) groups is 1. The predicted octanol–water partition coefficient (Wildman–Crippen LogP) is 2.38. The molecule has 0 saturated heterocycles. The van der Waals surface area contributed by atoms with Gasteiger partial charge < -0.3 is 14.6 Å². The fourth-order valence-electron chi connectivity index (χ4n) is 3.41. The molecule has 4 rings (SSSR count). The SMILES string of the molecule is CCC(C)NC(=O)Cn1c2ccc(OC)cc2c2nc3n(c(=O)c21)CCS3. The summed E-state index contributed by atoms with van der Waals surface area (Å²) in [6.45, 7) is 4.72. The van der Waals surface area contributed by atoms with Crippen molar-refractivity contribution in [2.75, 3.05) is 12.9 Å². The Bertz CT molecular complexity index is 1100. The van der Waals surface area contributed by atoms with Gasteiger partial charge in [0.2, 0.25) is 5.91 Å². The zero-order chi connectivity index (χ0) is 19.1. The third-order valence-corrected chi connectivity index (χ3v) is 5.95. The van der Waals surface area contributed by atoms with Crippen molar-refractivity contribution in [1.82, 2.24) is 19.4 Å². The lowest BCUT2D eigenvalue weighted by Gasteiger charge is -2.13. The maximum absolute atomic E-state index is 13.2. The highest BCUT2D eigenvalue weighted by atomic mass is 32.2. The van der Waals surface area contributed by atoms with Gasteiger partial charge in [-0.05, 0) is 31.5 Å². The Morgan fingerprint density at radius 1 is 1.44 bits per heavy atom. The van der Waals surface area contributed by atoms with E-state index < -0.39 is 0 Å². The van der Waals surface area contributed by atoms with E-state index in [1.54, 1.807) is 28.0 Å². The number of nitrogens with zero attached hydrogens (tertiary/aromatic N) is 3. The Morgan fingerprint density at radius 2 is 2.26 bits per heavy atom. The van der Waals surface area contributed by atoms with Gasteiger partial charge >= 0.3 is 0 Å². The molecule has 3 aromatic rings. The molecule has 1 atom stereocenters. The first-order valence-electron chi connectivity index (χ1n) is 9.06. The molecule has 1 amide bonds. The summed E-state index contributed by atoms with van der Waals surface area (Å²) in [7, 11) is 1.61. The van der Waals surface area contributed by atoms with Crippen molar-refractivity contribution < 1.29 is 9.53 Å². The van der Waals surface area contributed by atoms with E-state index in [-0.39, 0.29) is 24.1 Å². The van der Waals surface area contributed by atoms with E-state index in [0.717, 1.165) is 28.2 Å². The molecule has 1 aromatic carbocycles. The molecular weight excluding hydrogens is 364 g/mol. The number of fused-ring (bicyclic) bond motifs is 4. The minimum Gasteiger partial charge on any atom is -0.497 e. The van der Waals surface area contributed by atoms with Crippen LogP contribution < -0.4 is 15.6 Å². The van der Waals surface area contributed by atoms with Crippen LogP contribution in [0.15, 0.2) is 28.2 Å². The Balaban J connectivity index is 1.95. The summed E-state index contributed by atoms with van der Waals surface area (Å²) in [5.41, 5.74) is 1.82. The van der Waals surface area contributed by atoms with Gasteiger partial charge in [0, 0.05) is 23.7 Å². The molecular formula is C19H22N4O3S. The molecule has 7 nitrogen and oxygen atoms in total. The number of nitrogens with one attached hydrogen (secondary N) is 1. The van der Waals surface area contributed by atoms with E-state index in [2.05, 4.69) is 5.32 Å². The highest BCUT2D eigenvalue weighted by Crippen LogP contribution is 2.32. The summed E-state index contributed by atoms with van der Waals surface area (Å²) >= 11 is 1.58. The summed E-state index contributed by atoms with van der Waals surface area (Å²) < 4.78 is 8.83. The molecule has 2 aromatic heterocycles. The van der Waals surface area contributed by atoms with Gasteiger partial charge in [0.15, 0.2) is 5.16 Å². The summed E-state index contributed by atoms with van der Waals surface area (Å²) in [4.78, 5) is 30.4. The smallest absolute Gasteiger partial charge is 0.278 e. The molecule has 0 spiro atoms. The summed E-state index contributed by atoms with van der Waals surface area (Å²) in [5.74, 6) is 1.42. The van der Waals surface area contributed by atoms with E-state index in [4.69, 9.17) is 9.72 Å². The molecule has 27 heavy (non-hydrogen) atoms. The van der Waals surface area contributed by atoms with Crippen molar-refractivity contribution in [1.29, 1.82) is 0 Å². The number of thioether (sulfide) groups is 1. The molecule has 1 unspecified atom stereocenters. The average Bonchev–Trinajstić information content (AvgIpc) is 3.25. The number of carbonyl (C=O) groups excluding carboxylic acids is 1. The molecule has 1 aliphatic rings. The van der Waals surface area contributed by atoms with Gasteiger partial charge in [-0.25, -0.2) is 4.98 Å². The normalized spacial score (nSPS) is 14.5. The standard InChI is InChI=1S/C19H22N4O3S/c1-4-11(2)20-15(24)10-23-14-6-5-12(26-3)9-13(14)16-17(23)18(25)22-7-8-27-19(22)21-16/h5-6,9,11H,4,7-8,10H2,1-3H3,(H,20,24). The first-order chi connectivity index (χ1) is 13.0. The molecule has 3 heterocycles. The minimum absolute atomic E-state index is 0.0834. The summed E-state index contributed by atoms with van der Waals surface area (Å²) in [6, 6.07) is 5.69. The Morgan fingerprint density at radius 3 is 3.00 bits per heavy atom. The molecule has 8 heteroatoms. The molecule has 0 fully saturated rings. The molecule has 1 N–H and O–H groups in total. The van der Waals surface area contributed by atoms with Crippen LogP contribution in [-0.4, -0.2) is 38.9 Å². The monoisotopic (exact) mass is 386 g/mol. The quantitative estimate of drug-likeness (QED) is 0.681. The minimum atomic E-state index is -0.113. The lowest BCUT2D eigenvalue weighted by Crippen LogP contribution is -2.35. The fraction of sp³-hybridized carbons (Fsp3) is 0.421. The van der Waals surface area contributed by atoms with Gasteiger partial charge in [-0.3, -0.25) is 14.2 Å². The lowest BCUT2D eigenvalue weighted by atomic mass is 10.2. The first kappa shape index (κ1) is 17.9.